The second kappa shape index (κ2) is 5.16. The molecule has 1 amide bonds. The molecule has 0 saturated carbocycles. The fourth-order valence-corrected chi connectivity index (χ4v) is 1.72. The van der Waals surface area contributed by atoms with E-state index in [9.17, 15) is 14.3 Å². The minimum atomic E-state index is -0.675. The lowest BCUT2D eigenvalue weighted by molar-refractivity contribution is 0.102. The molecule has 0 aliphatic rings. The molecule has 0 unspecified atom stereocenters. The van der Waals surface area contributed by atoms with Gasteiger partial charge in [0.15, 0.2) is 0 Å². The number of para-hydroxylation sites is 1. The van der Waals surface area contributed by atoms with E-state index >= 15 is 0 Å². The molecule has 0 radical (unpaired) electrons. The number of carbonyl (C=O) groups excluding carboxylic acids is 1. The third-order valence-corrected chi connectivity index (χ3v) is 2.72. The van der Waals surface area contributed by atoms with Crippen molar-refractivity contribution in [2.45, 2.75) is 0 Å². The number of halogens is 2. The van der Waals surface area contributed by atoms with Gasteiger partial charge in [0.1, 0.15) is 17.3 Å². The summed E-state index contributed by atoms with van der Waals surface area (Å²) >= 11 is 5.66. The fraction of sp³-hybridized carbons (Fsp3) is 0. The van der Waals surface area contributed by atoms with Crippen LogP contribution in [0.1, 0.15) is 10.4 Å². The summed E-state index contributed by atoms with van der Waals surface area (Å²) in [5.41, 5.74) is 5.53. The summed E-state index contributed by atoms with van der Waals surface area (Å²) < 4.78 is 13.5. The molecule has 4 N–H and O–H groups in total. The van der Waals surface area contributed by atoms with Crippen molar-refractivity contribution < 1.29 is 14.3 Å². The number of carbonyl (C=O) groups is 1. The molecule has 0 aliphatic carbocycles. The van der Waals surface area contributed by atoms with Crippen LogP contribution in [-0.2, 0) is 0 Å². The van der Waals surface area contributed by atoms with Crippen LogP contribution in [0, 0.1) is 5.82 Å². The Morgan fingerprint density at radius 3 is 2.68 bits per heavy atom. The number of nitrogens with two attached hydrogens (primary N) is 1. The number of rotatable bonds is 2. The van der Waals surface area contributed by atoms with Crippen molar-refractivity contribution >= 4 is 28.9 Å². The Balaban J connectivity index is 2.31. The zero-order chi connectivity index (χ0) is 14.0. The summed E-state index contributed by atoms with van der Waals surface area (Å²) in [6, 6.07) is 8.07. The standard InChI is InChI=1S/C13H10ClFN2O2/c14-7-4-5-8(11(18)6-7)13(19)17-12-9(15)2-1-3-10(12)16/h1-6,18H,16H2,(H,17,19). The summed E-state index contributed by atoms with van der Waals surface area (Å²) in [6.45, 7) is 0. The van der Waals surface area contributed by atoms with Crippen LogP contribution in [0.15, 0.2) is 36.4 Å². The molecule has 0 bridgehead atoms. The van der Waals surface area contributed by atoms with E-state index in [2.05, 4.69) is 5.32 Å². The molecular formula is C13H10ClFN2O2. The maximum Gasteiger partial charge on any atom is 0.259 e. The van der Waals surface area contributed by atoms with Gasteiger partial charge in [0.05, 0.1) is 11.3 Å². The highest BCUT2D eigenvalue weighted by Crippen LogP contribution is 2.26. The molecule has 2 aromatic rings. The average Bonchev–Trinajstić information content (AvgIpc) is 2.33. The number of nitrogens with one attached hydrogen (secondary N) is 1. The van der Waals surface area contributed by atoms with Gasteiger partial charge in [-0.15, -0.1) is 0 Å². The molecule has 98 valence electrons. The Kier molecular flexibility index (Phi) is 3.57. The lowest BCUT2D eigenvalue weighted by Crippen LogP contribution is -2.14. The Hall–Kier alpha value is -2.27. The first-order valence-electron chi connectivity index (χ1n) is 5.33. The van der Waals surface area contributed by atoms with Crippen LogP contribution in [0.5, 0.6) is 5.75 Å². The van der Waals surface area contributed by atoms with Crippen LogP contribution in [0.2, 0.25) is 5.02 Å². The first kappa shape index (κ1) is 13.2. The predicted molar refractivity (Wildman–Crippen MR) is 71.9 cm³/mol. The molecule has 6 heteroatoms. The van der Waals surface area contributed by atoms with Gasteiger partial charge < -0.3 is 16.2 Å². The minimum absolute atomic E-state index is 0.0212. The van der Waals surface area contributed by atoms with Crippen LogP contribution in [0.25, 0.3) is 0 Å². The van der Waals surface area contributed by atoms with Gasteiger partial charge >= 0.3 is 0 Å². The lowest BCUT2D eigenvalue weighted by Gasteiger charge is -2.10. The van der Waals surface area contributed by atoms with Gasteiger partial charge in [-0.25, -0.2) is 4.39 Å². The smallest absolute Gasteiger partial charge is 0.259 e. The molecule has 2 rings (SSSR count). The molecule has 2 aromatic carbocycles. The highest BCUT2D eigenvalue weighted by molar-refractivity contribution is 6.31. The highest BCUT2D eigenvalue weighted by atomic mass is 35.5. The normalized spacial score (nSPS) is 10.2. The molecule has 0 fully saturated rings. The number of phenols is 1. The zero-order valence-electron chi connectivity index (χ0n) is 9.65. The summed E-state index contributed by atoms with van der Waals surface area (Å²) in [5.74, 6) is -1.62. The van der Waals surface area contributed by atoms with E-state index in [1.807, 2.05) is 0 Å². The summed E-state index contributed by atoms with van der Waals surface area (Å²) in [7, 11) is 0. The van der Waals surface area contributed by atoms with Crippen LogP contribution < -0.4 is 11.1 Å². The Morgan fingerprint density at radius 2 is 2.05 bits per heavy atom. The van der Waals surface area contributed by atoms with E-state index in [1.54, 1.807) is 0 Å². The van der Waals surface area contributed by atoms with Gasteiger partial charge in [-0.1, -0.05) is 17.7 Å². The van der Waals surface area contributed by atoms with Crippen molar-refractivity contribution in [2.75, 3.05) is 11.1 Å². The Morgan fingerprint density at radius 1 is 1.32 bits per heavy atom. The van der Waals surface area contributed by atoms with Gasteiger partial charge in [-0.05, 0) is 30.3 Å². The van der Waals surface area contributed by atoms with Crippen LogP contribution in [0.3, 0.4) is 0 Å². The van der Waals surface area contributed by atoms with Gasteiger partial charge in [-0.3, -0.25) is 4.79 Å². The van der Waals surface area contributed by atoms with Gasteiger partial charge in [0.25, 0.3) is 5.91 Å². The number of nitrogen functional groups attached to an aromatic ring is 1. The first-order valence-corrected chi connectivity index (χ1v) is 5.70. The molecule has 4 nitrogen and oxygen atoms in total. The van der Waals surface area contributed by atoms with Crippen molar-refractivity contribution in [2.24, 2.45) is 0 Å². The summed E-state index contributed by atoms with van der Waals surface area (Å²) in [4.78, 5) is 11.9. The second-order valence-corrected chi connectivity index (χ2v) is 4.26. The maximum atomic E-state index is 13.5. The van der Waals surface area contributed by atoms with E-state index in [0.717, 1.165) is 0 Å². The van der Waals surface area contributed by atoms with Crippen molar-refractivity contribution in [3.63, 3.8) is 0 Å². The fourth-order valence-electron chi connectivity index (χ4n) is 1.55. The van der Waals surface area contributed by atoms with Gasteiger partial charge in [-0.2, -0.15) is 0 Å². The monoisotopic (exact) mass is 280 g/mol. The highest BCUT2D eigenvalue weighted by Gasteiger charge is 2.15. The number of hydrogen-bond donors (Lipinski definition) is 3. The molecule has 0 aliphatic heterocycles. The Labute approximate surface area is 113 Å². The quantitative estimate of drug-likeness (QED) is 0.740. The molecule has 19 heavy (non-hydrogen) atoms. The minimum Gasteiger partial charge on any atom is -0.507 e. The van der Waals surface area contributed by atoms with E-state index in [4.69, 9.17) is 17.3 Å². The number of amides is 1. The SMILES string of the molecule is Nc1cccc(F)c1NC(=O)c1ccc(Cl)cc1O. The second-order valence-electron chi connectivity index (χ2n) is 3.82. The molecule has 0 spiro atoms. The van der Waals surface area contributed by atoms with E-state index in [-0.39, 0.29) is 22.7 Å². The predicted octanol–water partition coefficient (Wildman–Crippen LogP) is 3.02. The topological polar surface area (TPSA) is 75.3 Å². The zero-order valence-corrected chi connectivity index (χ0v) is 10.4. The molecule has 0 heterocycles. The van der Waals surface area contributed by atoms with Crippen molar-refractivity contribution in [3.8, 4) is 5.75 Å². The first-order chi connectivity index (χ1) is 8.99. The number of benzene rings is 2. The van der Waals surface area contributed by atoms with Crippen molar-refractivity contribution in [1.82, 2.24) is 0 Å². The lowest BCUT2D eigenvalue weighted by atomic mass is 10.1. The molecule has 0 saturated heterocycles. The largest absolute Gasteiger partial charge is 0.507 e. The van der Waals surface area contributed by atoms with Crippen LogP contribution in [-0.4, -0.2) is 11.0 Å². The van der Waals surface area contributed by atoms with Crippen molar-refractivity contribution in [1.29, 1.82) is 0 Å². The number of anilines is 2. The van der Waals surface area contributed by atoms with E-state index in [0.29, 0.717) is 5.02 Å². The summed E-state index contributed by atoms with van der Waals surface area (Å²) in [5, 5.41) is 12.2. The number of phenolic OH excluding ortho intramolecular Hbond substituents is 1. The summed E-state index contributed by atoms with van der Waals surface area (Å²) in [6.07, 6.45) is 0. The Bertz CT molecular complexity index is 626. The molecule has 0 atom stereocenters. The maximum absolute atomic E-state index is 13.5. The van der Waals surface area contributed by atoms with Crippen LogP contribution in [0.4, 0.5) is 15.8 Å². The third kappa shape index (κ3) is 2.77. The van der Waals surface area contributed by atoms with Crippen LogP contribution >= 0.6 is 11.6 Å². The van der Waals surface area contributed by atoms with Gasteiger partial charge in [0.2, 0.25) is 0 Å². The molecule has 0 aromatic heterocycles. The molecular weight excluding hydrogens is 271 g/mol. The third-order valence-electron chi connectivity index (χ3n) is 2.49. The van der Waals surface area contributed by atoms with E-state index in [1.165, 1.54) is 36.4 Å². The number of aromatic hydroxyl groups is 1. The number of hydrogen-bond acceptors (Lipinski definition) is 3. The van der Waals surface area contributed by atoms with Gasteiger partial charge in [0, 0.05) is 5.02 Å². The van der Waals surface area contributed by atoms with E-state index < -0.39 is 11.7 Å². The van der Waals surface area contributed by atoms with Crippen molar-refractivity contribution in [3.05, 3.63) is 52.8 Å². The average molecular weight is 281 g/mol.